The molecule has 0 radical (unpaired) electrons. The number of aliphatic hydroxyl groups excluding tert-OH is 1. The summed E-state index contributed by atoms with van der Waals surface area (Å²) in [4.78, 5) is 26.9. The van der Waals surface area contributed by atoms with Crippen LogP contribution >= 0.6 is 0 Å². The summed E-state index contributed by atoms with van der Waals surface area (Å²) in [6.07, 6.45) is 0. The van der Waals surface area contributed by atoms with Crippen molar-refractivity contribution in [3.8, 4) is 5.75 Å². The van der Waals surface area contributed by atoms with Gasteiger partial charge in [0, 0.05) is 19.2 Å². The van der Waals surface area contributed by atoms with Crippen LogP contribution in [0.5, 0.6) is 5.75 Å². The lowest BCUT2D eigenvalue weighted by Crippen LogP contribution is -2.32. The van der Waals surface area contributed by atoms with Gasteiger partial charge in [-0.25, -0.2) is 0 Å². The highest BCUT2D eigenvalue weighted by Crippen LogP contribution is 2.39. The second kappa shape index (κ2) is 8.71. The van der Waals surface area contributed by atoms with E-state index in [0.29, 0.717) is 17.9 Å². The van der Waals surface area contributed by atoms with Crippen LogP contribution in [0.15, 0.2) is 60.2 Å². The van der Waals surface area contributed by atoms with Gasteiger partial charge in [0.1, 0.15) is 11.5 Å². The molecule has 1 fully saturated rings. The Morgan fingerprint density at radius 3 is 2.36 bits per heavy atom. The molecule has 1 saturated heterocycles. The number of carbonyl (C=O) groups is 2. The van der Waals surface area contributed by atoms with Crippen molar-refractivity contribution in [3.63, 3.8) is 0 Å². The van der Waals surface area contributed by atoms with Crippen LogP contribution in [0.1, 0.15) is 24.1 Å². The number of ether oxygens (including phenoxy) is 2. The van der Waals surface area contributed by atoms with E-state index in [1.54, 1.807) is 48.5 Å². The molecule has 0 saturated carbocycles. The van der Waals surface area contributed by atoms with E-state index < -0.39 is 17.7 Å². The van der Waals surface area contributed by atoms with Gasteiger partial charge in [-0.3, -0.25) is 9.59 Å². The van der Waals surface area contributed by atoms with Crippen molar-refractivity contribution in [1.29, 1.82) is 0 Å². The van der Waals surface area contributed by atoms with E-state index >= 15 is 0 Å². The van der Waals surface area contributed by atoms with Crippen molar-refractivity contribution >= 4 is 17.4 Å². The van der Waals surface area contributed by atoms with Crippen LogP contribution in [0, 0.1) is 0 Å². The standard InChI is InChI=1S/C22H23NO5/c1-3-28-17-11-9-15(10-12-17)19-18(20(24)16-7-5-4-6-8-16)21(25)22(26)23(19)13-14-27-2/h4-12,19,24H,3,13-14H2,1-2H3/b20-18+. The average Bonchev–Trinajstić information content (AvgIpc) is 2.98. The Bertz CT molecular complexity index is 874. The number of rotatable bonds is 7. The van der Waals surface area contributed by atoms with Crippen molar-refractivity contribution in [1.82, 2.24) is 4.90 Å². The SMILES string of the molecule is CCOc1ccc(C2/C(=C(\O)c3ccccc3)C(=O)C(=O)N2CCOC)cc1. The zero-order valence-corrected chi connectivity index (χ0v) is 15.9. The molecule has 3 rings (SSSR count). The van der Waals surface area contributed by atoms with E-state index in [9.17, 15) is 14.7 Å². The maximum Gasteiger partial charge on any atom is 0.295 e. The summed E-state index contributed by atoms with van der Waals surface area (Å²) in [6, 6.07) is 15.3. The molecule has 1 amide bonds. The number of Topliss-reactive ketones (excluding diaryl/α,β-unsaturated/α-hetero) is 1. The second-order valence-electron chi connectivity index (χ2n) is 6.35. The maximum absolute atomic E-state index is 12.8. The topological polar surface area (TPSA) is 76.1 Å². The molecule has 6 heteroatoms. The zero-order chi connectivity index (χ0) is 20.1. The second-order valence-corrected chi connectivity index (χ2v) is 6.35. The average molecular weight is 381 g/mol. The lowest BCUT2D eigenvalue weighted by Gasteiger charge is -2.25. The highest BCUT2D eigenvalue weighted by atomic mass is 16.5. The maximum atomic E-state index is 12.8. The van der Waals surface area contributed by atoms with Crippen LogP contribution in [0.4, 0.5) is 0 Å². The fourth-order valence-electron chi connectivity index (χ4n) is 3.31. The Morgan fingerprint density at radius 1 is 1.07 bits per heavy atom. The summed E-state index contributed by atoms with van der Waals surface area (Å²) in [5.41, 5.74) is 1.29. The predicted molar refractivity (Wildman–Crippen MR) is 105 cm³/mol. The van der Waals surface area contributed by atoms with Gasteiger partial charge in [0.15, 0.2) is 0 Å². The molecule has 1 atom stereocenters. The van der Waals surface area contributed by atoms with Crippen molar-refractivity contribution in [2.75, 3.05) is 26.9 Å². The molecular formula is C22H23NO5. The van der Waals surface area contributed by atoms with Gasteiger partial charge in [0.2, 0.25) is 0 Å². The summed E-state index contributed by atoms with van der Waals surface area (Å²) < 4.78 is 10.6. The molecule has 2 aromatic carbocycles. The van der Waals surface area contributed by atoms with Crippen LogP contribution in [-0.2, 0) is 14.3 Å². The number of ketones is 1. The normalized spacial score (nSPS) is 18.5. The molecule has 0 spiro atoms. The minimum atomic E-state index is -0.698. The van der Waals surface area contributed by atoms with Crippen LogP contribution < -0.4 is 4.74 Å². The minimum Gasteiger partial charge on any atom is -0.507 e. The Labute approximate surface area is 164 Å². The van der Waals surface area contributed by atoms with Gasteiger partial charge in [-0.15, -0.1) is 0 Å². The molecule has 1 aliphatic rings. The zero-order valence-electron chi connectivity index (χ0n) is 15.9. The van der Waals surface area contributed by atoms with E-state index in [1.807, 2.05) is 13.0 Å². The van der Waals surface area contributed by atoms with Gasteiger partial charge in [-0.2, -0.15) is 0 Å². The third kappa shape index (κ3) is 3.77. The highest BCUT2D eigenvalue weighted by molar-refractivity contribution is 6.46. The first-order chi connectivity index (χ1) is 13.6. The number of methoxy groups -OCH3 is 1. The Morgan fingerprint density at radius 2 is 1.75 bits per heavy atom. The van der Waals surface area contributed by atoms with E-state index in [-0.39, 0.29) is 24.5 Å². The smallest absolute Gasteiger partial charge is 0.295 e. The van der Waals surface area contributed by atoms with Crippen LogP contribution in [-0.4, -0.2) is 48.6 Å². The third-order valence-corrected chi connectivity index (χ3v) is 4.63. The molecular weight excluding hydrogens is 358 g/mol. The van der Waals surface area contributed by atoms with Crippen molar-refractivity contribution in [3.05, 3.63) is 71.3 Å². The number of carbonyl (C=O) groups excluding carboxylic acids is 2. The van der Waals surface area contributed by atoms with Gasteiger partial charge in [-0.1, -0.05) is 42.5 Å². The quantitative estimate of drug-likeness (QED) is 0.453. The number of amides is 1. The number of nitrogens with zero attached hydrogens (tertiary/aromatic N) is 1. The van der Waals surface area contributed by atoms with Crippen molar-refractivity contribution in [2.45, 2.75) is 13.0 Å². The summed E-state index contributed by atoms with van der Waals surface area (Å²) >= 11 is 0. The lowest BCUT2D eigenvalue weighted by atomic mass is 9.95. The first-order valence-corrected chi connectivity index (χ1v) is 9.14. The monoisotopic (exact) mass is 381 g/mol. The number of benzene rings is 2. The summed E-state index contributed by atoms with van der Waals surface area (Å²) in [7, 11) is 1.53. The Balaban J connectivity index is 2.10. The molecule has 0 aliphatic carbocycles. The van der Waals surface area contributed by atoms with Gasteiger partial charge < -0.3 is 19.5 Å². The van der Waals surface area contributed by atoms with Gasteiger partial charge in [-0.05, 0) is 24.6 Å². The molecule has 0 bridgehead atoms. The number of hydrogen-bond donors (Lipinski definition) is 1. The van der Waals surface area contributed by atoms with Crippen molar-refractivity contribution in [2.24, 2.45) is 0 Å². The van der Waals surface area contributed by atoms with Gasteiger partial charge in [0.05, 0.1) is 24.8 Å². The fraction of sp³-hybridized carbons (Fsp3) is 0.273. The lowest BCUT2D eigenvalue weighted by molar-refractivity contribution is -0.140. The van der Waals surface area contributed by atoms with Crippen LogP contribution in [0.25, 0.3) is 5.76 Å². The molecule has 1 unspecified atom stereocenters. The van der Waals surface area contributed by atoms with Crippen molar-refractivity contribution < 1.29 is 24.2 Å². The molecule has 1 aliphatic heterocycles. The molecule has 28 heavy (non-hydrogen) atoms. The third-order valence-electron chi connectivity index (χ3n) is 4.63. The molecule has 6 nitrogen and oxygen atoms in total. The van der Waals surface area contributed by atoms with Crippen LogP contribution in [0.3, 0.4) is 0 Å². The molecule has 1 N–H and O–H groups in total. The van der Waals surface area contributed by atoms with E-state index in [4.69, 9.17) is 9.47 Å². The molecule has 0 aromatic heterocycles. The van der Waals surface area contributed by atoms with E-state index in [1.165, 1.54) is 12.0 Å². The molecule has 146 valence electrons. The summed E-state index contributed by atoms with van der Waals surface area (Å²) in [5, 5.41) is 10.8. The van der Waals surface area contributed by atoms with Gasteiger partial charge >= 0.3 is 0 Å². The first-order valence-electron chi connectivity index (χ1n) is 9.14. The highest BCUT2D eigenvalue weighted by Gasteiger charge is 2.45. The number of aliphatic hydroxyl groups is 1. The molecule has 1 heterocycles. The fourth-order valence-corrected chi connectivity index (χ4v) is 3.31. The summed E-state index contributed by atoms with van der Waals surface area (Å²) in [6.45, 7) is 2.96. The van der Waals surface area contributed by atoms with E-state index in [2.05, 4.69) is 0 Å². The van der Waals surface area contributed by atoms with Crippen LogP contribution in [0.2, 0.25) is 0 Å². The van der Waals surface area contributed by atoms with E-state index in [0.717, 1.165) is 5.56 Å². The van der Waals surface area contributed by atoms with Gasteiger partial charge in [0.25, 0.3) is 11.7 Å². The predicted octanol–water partition coefficient (Wildman–Crippen LogP) is 3.15. The Kier molecular flexibility index (Phi) is 6.11. The molecule has 2 aromatic rings. The number of hydrogen-bond acceptors (Lipinski definition) is 5. The first kappa shape index (κ1) is 19.6. The summed E-state index contributed by atoms with van der Waals surface area (Å²) in [5.74, 6) is -0.828. The number of likely N-dealkylation sites (tertiary alicyclic amines) is 1. The minimum absolute atomic E-state index is 0.0801. The Hall–Kier alpha value is -3.12. The largest absolute Gasteiger partial charge is 0.507 e.